The minimum atomic E-state index is -0.109. The molecule has 3 unspecified atom stereocenters. The van der Waals surface area contributed by atoms with Crippen LogP contribution in [0, 0.1) is 16.7 Å². The first-order valence-electron chi connectivity index (χ1n) is 13.2. The van der Waals surface area contributed by atoms with Crippen LogP contribution in [0.2, 0.25) is 0 Å². The quantitative estimate of drug-likeness (QED) is 0.630. The summed E-state index contributed by atoms with van der Waals surface area (Å²) in [7, 11) is 0. The van der Waals surface area contributed by atoms with Crippen molar-refractivity contribution in [1.82, 2.24) is 20.2 Å². The van der Waals surface area contributed by atoms with Crippen LogP contribution in [0.1, 0.15) is 64.4 Å². The number of hydrogen-bond donors (Lipinski definition) is 2. The number of carbonyl (C=O) groups excluding carboxylic acids is 1. The zero-order chi connectivity index (χ0) is 24.8. The molecule has 3 fully saturated rings. The Balaban J connectivity index is 1.24. The van der Waals surface area contributed by atoms with Crippen LogP contribution in [0.5, 0.6) is 0 Å². The molecule has 1 aromatic carbocycles. The number of aromatic nitrogens is 2. The summed E-state index contributed by atoms with van der Waals surface area (Å²) in [5.74, 6) is 1.02. The van der Waals surface area contributed by atoms with E-state index in [1.54, 1.807) is 12.3 Å². The van der Waals surface area contributed by atoms with Gasteiger partial charge in [-0.05, 0) is 74.1 Å². The van der Waals surface area contributed by atoms with Crippen molar-refractivity contribution in [1.29, 1.82) is 0 Å². The van der Waals surface area contributed by atoms with Gasteiger partial charge in [0, 0.05) is 55.8 Å². The van der Waals surface area contributed by atoms with Crippen molar-refractivity contribution in [3.05, 3.63) is 42.2 Å². The highest BCUT2D eigenvalue weighted by Gasteiger charge is 2.61. The number of nitrogens with one attached hydrogen (secondary N) is 2. The largest absolute Gasteiger partial charge is 0.369 e. The predicted molar refractivity (Wildman–Crippen MR) is 141 cm³/mol. The maximum absolute atomic E-state index is 13.1. The van der Waals surface area contributed by atoms with Crippen LogP contribution >= 0.6 is 0 Å². The first-order chi connectivity index (χ1) is 16.7. The van der Waals surface area contributed by atoms with E-state index in [2.05, 4.69) is 83.2 Å². The van der Waals surface area contributed by atoms with Crippen molar-refractivity contribution in [3.8, 4) is 0 Å². The molecule has 1 saturated heterocycles. The van der Waals surface area contributed by atoms with E-state index in [1.807, 2.05) is 6.07 Å². The lowest BCUT2D eigenvalue weighted by Gasteiger charge is -2.39. The highest BCUT2D eigenvalue weighted by molar-refractivity contribution is 5.92. The summed E-state index contributed by atoms with van der Waals surface area (Å²) in [5, 5.41) is 6.62. The van der Waals surface area contributed by atoms with Crippen molar-refractivity contribution >= 4 is 23.2 Å². The Hall–Kier alpha value is -2.67. The van der Waals surface area contributed by atoms with Gasteiger partial charge in [-0.3, -0.25) is 9.69 Å². The number of carbonyl (C=O) groups is 1. The lowest BCUT2D eigenvalue weighted by molar-refractivity contribution is 0.0821. The fourth-order valence-electron chi connectivity index (χ4n) is 6.61. The highest BCUT2D eigenvalue weighted by Crippen LogP contribution is 2.65. The molecule has 3 atom stereocenters. The maximum Gasteiger partial charge on any atom is 0.270 e. The Bertz CT molecular complexity index is 1080. The van der Waals surface area contributed by atoms with E-state index >= 15 is 0 Å². The summed E-state index contributed by atoms with van der Waals surface area (Å²) in [5.41, 5.74) is 2.93. The number of rotatable bonds is 6. The molecule has 2 heterocycles. The fraction of sp³-hybridized carbons (Fsp3) is 0.607. The third-order valence-electron chi connectivity index (χ3n) is 9.50. The van der Waals surface area contributed by atoms with Gasteiger partial charge in [0.25, 0.3) is 5.91 Å². The molecule has 3 aliphatic rings. The fourth-order valence-corrected chi connectivity index (χ4v) is 6.61. The van der Waals surface area contributed by atoms with Crippen molar-refractivity contribution in [2.24, 2.45) is 16.7 Å². The SMILES string of the molecule is CC(C)N1CCN(c2cccc(Nc3nccc(C(=O)NC4CC5CCC4(C)C5(C)C)n3)c2)CC1. The zero-order valence-corrected chi connectivity index (χ0v) is 21.8. The Labute approximate surface area is 209 Å². The maximum atomic E-state index is 13.1. The smallest absolute Gasteiger partial charge is 0.270 e. The van der Waals surface area contributed by atoms with Crippen molar-refractivity contribution in [2.45, 2.75) is 66.0 Å². The van der Waals surface area contributed by atoms with Crippen LogP contribution in [-0.2, 0) is 0 Å². The third-order valence-corrected chi connectivity index (χ3v) is 9.50. The van der Waals surface area contributed by atoms with E-state index in [0.29, 0.717) is 23.6 Å². The van der Waals surface area contributed by atoms with Gasteiger partial charge in [-0.2, -0.15) is 0 Å². The topological polar surface area (TPSA) is 73.4 Å². The van der Waals surface area contributed by atoms with E-state index in [1.165, 1.54) is 18.5 Å². The van der Waals surface area contributed by atoms with Crippen LogP contribution in [0.4, 0.5) is 17.3 Å². The molecule has 0 radical (unpaired) electrons. The number of amides is 1. The van der Waals surface area contributed by atoms with Gasteiger partial charge in [0.15, 0.2) is 0 Å². The Morgan fingerprint density at radius 2 is 1.89 bits per heavy atom. The first kappa shape index (κ1) is 24.0. The van der Waals surface area contributed by atoms with Gasteiger partial charge in [0.1, 0.15) is 5.69 Å². The minimum absolute atomic E-state index is 0.109. The van der Waals surface area contributed by atoms with E-state index in [0.717, 1.165) is 38.3 Å². The Kier molecular flexibility index (Phi) is 6.24. The van der Waals surface area contributed by atoms with E-state index in [-0.39, 0.29) is 22.8 Å². The first-order valence-corrected chi connectivity index (χ1v) is 13.2. The molecule has 2 aromatic rings. The molecule has 35 heavy (non-hydrogen) atoms. The molecule has 188 valence electrons. The molecule has 5 rings (SSSR count). The van der Waals surface area contributed by atoms with Gasteiger partial charge in [0.05, 0.1) is 0 Å². The van der Waals surface area contributed by atoms with Crippen molar-refractivity contribution in [3.63, 3.8) is 0 Å². The molecular formula is C28H40N6O. The number of benzene rings is 1. The van der Waals surface area contributed by atoms with E-state index < -0.39 is 0 Å². The van der Waals surface area contributed by atoms with Crippen molar-refractivity contribution in [2.75, 3.05) is 36.4 Å². The summed E-state index contributed by atoms with van der Waals surface area (Å²) in [4.78, 5) is 27.0. The summed E-state index contributed by atoms with van der Waals surface area (Å²) in [6, 6.07) is 10.8. The number of piperazine rings is 1. The molecule has 2 saturated carbocycles. The van der Waals surface area contributed by atoms with Crippen LogP contribution in [-0.4, -0.2) is 59.0 Å². The number of hydrogen-bond acceptors (Lipinski definition) is 6. The molecule has 1 amide bonds. The van der Waals surface area contributed by atoms with Gasteiger partial charge in [0.2, 0.25) is 5.95 Å². The van der Waals surface area contributed by atoms with E-state index in [9.17, 15) is 4.79 Å². The molecule has 1 aliphatic heterocycles. The molecule has 2 aliphatic carbocycles. The van der Waals surface area contributed by atoms with Crippen molar-refractivity contribution < 1.29 is 4.79 Å². The number of fused-ring (bicyclic) bond motifs is 2. The van der Waals surface area contributed by atoms with Gasteiger partial charge < -0.3 is 15.5 Å². The van der Waals surface area contributed by atoms with Crippen LogP contribution in [0.25, 0.3) is 0 Å². The molecule has 7 heteroatoms. The summed E-state index contributed by atoms with van der Waals surface area (Å²) >= 11 is 0. The second-order valence-electron chi connectivity index (χ2n) is 11.7. The zero-order valence-electron chi connectivity index (χ0n) is 21.8. The molecular weight excluding hydrogens is 436 g/mol. The summed E-state index contributed by atoms with van der Waals surface area (Å²) < 4.78 is 0. The summed E-state index contributed by atoms with van der Waals surface area (Å²) in [6.07, 6.45) is 5.16. The Morgan fingerprint density at radius 3 is 2.54 bits per heavy atom. The standard InChI is InChI=1S/C28H40N6O/c1-19(2)33-13-15-34(16-14-33)22-8-6-7-21(18-22)30-26-29-12-10-23(31-26)25(35)32-24-17-20-9-11-28(24,5)27(20,3)4/h6-8,10,12,18-20,24H,9,11,13-17H2,1-5H3,(H,32,35)(H,29,30,31). The second-order valence-corrected chi connectivity index (χ2v) is 11.7. The van der Waals surface area contributed by atoms with Crippen LogP contribution in [0.15, 0.2) is 36.5 Å². The normalized spacial score (nSPS) is 27.9. The molecule has 7 nitrogen and oxygen atoms in total. The van der Waals surface area contributed by atoms with Gasteiger partial charge >= 0.3 is 0 Å². The van der Waals surface area contributed by atoms with Crippen LogP contribution in [0.3, 0.4) is 0 Å². The predicted octanol–water partition coefficient (Wildman–Crippen LogP) is 4.70. The van der Waals surface area contributed by atoms with Gasteiger partial charge in [-0.25, -0.2) is 9.97 Å². The average molecular weight is 477 g/mol. The highest BCUT2D eigenvalue weighted by atomic mass is 16.2. The third kappa shape index (κ3) is 4.39. The van der Waals surface area contributed by atoms with Crippen LogP contribution < -0.4 is 15.5 Å². The second kappa shape index (κ2) is 9.08. The van der Waals surface area contributed by atoms with Gasteiger partial charge in [-0.15, -0.1) is 0 Å². The number of anilines is 3. The van der Waals surface area contributed by atoms with E-state index in [4.69, 9.17) is 0 Å². The lowest BCUT2D eigenvalue weighted by Crippen LogP contribution is -2.48. The number of nitrogens with zero attached hydrogens (tertiary/aromatic N) is 4. The lowest BCUT2D eigenvalue weighted by atomic mass is 9.69. The molecule has 2 bridgehead atoms. The Morgan fingerprint density at radius 1 is 1.11 bits per heavy atom. The monoisotopic (exact) mass is 476 g/mol. The molecule has 0 spiro atoms. The minimum Gasteiger partial charge on any atom is -0.369 e. The summed E-state index contributed by atoms with van der Waals surface area (Å²) in [6.45, 7) is 15.8. The molecule has 2 N–H and O–H groups in total. The molecule has 1 aromatic heterocycles. The van der Waals surface area contributed by atoms with Gasteiger partial charge in [-0.1, -0.05) is 26.8 Å². The average Bonchev–Trinajstić information content (AvgIpc) is 3.18.